The van der Waals surface area contributed by atoms with E-state index in [1.807, 2.05) is 6.92 Å². The number of ether oxygens (including phenoxy) is 1. The van der Waals surface area contributed by atoms with Crippen LogP contribution in [0, 0.1) is 0 Å². The summed E-state index contributed by atoms with van der Waals surface area (Å²) < 4.78 is 4.89. The first kappa shape index (κ1) is 14.3. The summed E-state index contributed by atoms with van der Waals surface area (Å²) in [6.45, 7) is 1.30. The van der Waals surface area contributed by atoms with E-state index < -0.39 is 37.3 Å². The number of hydrogen-bond acceptors (Lipinski definition) is 6. The summed E-state index contributed by atoms with van der Waals surface area (Å²) in [5.41, 5.74) is 0. The Labute approximate surface area is 99.0 Å². The molecule has 1 fully saturated rings. The second kappa shape index (κ2) is 6.27. The van der Waals surface area contributed by atoms with Crippen LogP contribution in [0.5, 0.6) is 0 Å². The van der Waals surface area contributed by atoms with Crippen molar-refractivity contribution in [2.45, 2.75) is 50.4 Å². The van der Waals surface area contributed by atoms with Crippen LogP contribution in [0.4, 0.5) is 0 Å². The summed E-state index contributed by atoms with van der Waals surface area (Å²) in [6.07, 6.45) is -4.35. The smallest absolute Gasteiger partial charge is 0.220 e. The lowest BCUT2D eigenvalue weighted by atomic mass is 9.97. The summed E-state index contributed by atoms with van der Waals surface area (Å²) in [4.78, 5) is 11.3. The van der Waals surface area contributed by atoms with Crippen LogP contribution in [0.1, 0.15) is 19.8 Å². The molecular formula is C10H19NO6. The van der Waals surface area contributed by atoms with Crippen LogP contribution in [-0.4, -0.2) is 63.6 Å². The van der Waals surface area contributed by atoms with Crippen molar-refractivity contribution >= 4 is 5.91 Å². The molecule has 0 spiro atoms. The molecule has 1 rings (SSSR count). The molecule has 5 atom stereocenters. The maximum absolute atomic E-state index is 11.3. The Morgan fingerprint density at radius 3 is 2.47 bits per heavy atom. The first-order chi connectivity index (χ1) is 8.01. The van der Waals surface area contributed by atoms with Gasteiger partial charge in [0.25, 0.3) is 0 Å². The minimum atomic E-state index is -1.45. The van der Waals surface area contributed by atoms with Gasteiger partial charge in [-0.2, -0.15) is 0 Å². The van der Waals surface area contributed by atoms with Gasteiger partial charge in [0, 0.05) is 6.42 Å². The molecule has 5 N–H and O–H groups in total. The maximum atomic E-state index is 11.3. The highest BCUT2D eigenvalue weighted by atomic mass is 16.6. The van der Waals surface area contributed by atoms with E-state index in [0.29, 0.717) is 6.42 Å². The molecule has 100 valence electrons. The van der Waals surface area contributed by atoms with Crippen LogP contribution in [-0.2, 0) is 9.53 Å². The molecule has 1 aliphatic rings. The van der Waals surface area contributed by atoms with E-state index in [2.05, 4.69) is 5.32 Å². The SMILES string of the molecule is CCCC(=O)N[C@H]1C(O)O[C@H](CO)[C@@H](O)[C@@H]1O. The number of hydrogen-bond donors (Lipinski definition) is 5. The van der Waals surface area contributed by atoms with Crippen molar-refractivity contribution in [1.29, 1.82) is 0 Å². The van der Waals surface area contributed by atoms with Gasteiger partial charge in [0.05, 0.1) is 6.61 Å². The van der Waals surface area contributed by atoms with Crippen molar-refractivity contribution in [3.05, 3.63) is 0 Å². The Kier molecular flexibility index (Phi) is 5.29. The van der Waals surface area contributed by atoms with Crippen LogP contribution < -0.4 is 5.32 Å². The van der Waals surface area contributed by atoms with Crippen LogP contribution in [0.2, 0.25) is 0 Å². The minimum Gasteiger partial charge on any atom is -0.394 e. The molecule has 0 saturated carbocycles. The molecule has 1 amide bonds. The molecule has 17 heavy (non-hydrogen) atoms. The zero-order chi connectivity index (χ0) is 13.0. The molecule has 0 aromatic rings. The lowest BCUT2D eigenvalue weighted by molar-refractivity contribution is -0.253. The Morgan fingerprint density at radius 1 is 1.29 bits per heavy atom. The predicted molar refractivity (Wildman–Crippen MR) is 56.8 cm³/mol. The third kappa shape index (κ3) is 3.36. The number of carbonyl (C=O) groups is 1. The van der Waals surface area contributed by atoms with Gasteiger partial charge in [-0.05, 0) is 6.42 Å². The van der Waals surface area contributed by atoms with Gasteiger partial charge in [0.15, 0.2) is 6.29 Å². The Hall–Kier alpha value is -0.730. The topological polar surface area (TPSA) is 119 Å². The van der Waals surface area contributed by atoms with Gasteiger partial charge in [-0.15, -0.1) is 0 Å². The fourth-order valence-electron chi connectivity index (χ4n) is 1.74. The van der Waals surface area contributed by atoms with Crippen LogP contribution in [0.25, 0.3) is 0 Å². The monoisotopic (exact) mass is 249 g/mol. The van der Waals surface area contributed by atoms with E-state index in [-0.39, 0.29) is 12.3 Å². The predicted octanol–water partition coefficient (Wildman–Crippen LogP) is -2.30. The van der Waals surface area contributed by atoms with Crippen LogP contribution in [0.3, 0.4) is 0 Å². The fourth-order valence-corrected chi connectivity index (χ4v) is 1.74. The first-order valence-corrected chi connectivity index (χ1v) is 5.61. The number of nitrogens with one attached hydrogen (secondary N) is 1. The molecule has 1 saturated heterocycles. The lowest BCUT2D eigenvalue weighted by Crippen LogP contribution is -2.64. The largest absolute Gasteiger partial charge is 0.394 e. The molecule has 0 aliphatic carbocycles. The maximum Gasteiger partial charge on any atom is 0.220 e. The highest BCUT2D eigenvalue weighted by Crippen LogP contribution is 2.19. The summed E-state index contributed by atoms with van der Waals surface area (Å²) in [6, 6.07) is -1.09. The van der Waals surface area contributed by atoms with Gasteiger partial charge >= 0.3 is 0 Å². The quantitative estimate of drug-likeness (QED) is 0.382. The number of amides is 1. The van der Waals surface area contributed by atoms with E-state index in [0.717, 1.165) is 0 Å². The number of aliphatic hydroxyl groups excluding tert-OH is 4. The molecule has 0 radical (unpaired) electrons. The highest BCUT2D eigenvalue weighted by molar-refractivity contribution is 5.76. The molecule has 0 aromatic carbocycles. The Balaban J connectivity index is 2.63. The molecular weight excluding hydrogens is 230 g/mol. The zero-order valence-corrected chi connectivity index (χ0v) is 9.61. The van der Waals surface area contributed by atoms with E-state index >= 15 is 0 Å². The van der Waals surface area contributed by atoms with Gasteiger partial charge in [-0.1, -0.05) is 6.92 Å². The molecule has 1 unspecified atom stereocenters. The van der Waals surface area contributed by atoms with E-state index in [9.17, 15) is 20.1 Å². The number of rotatable bonds is 4. The second-order valence-corrected chi connectivity index (χ2v) is 4.07. The average Bonchev–Trinajstić information content (AvgIpc) is 2.29. The molecule has 7 heteroatoms. The first-order valence-electron chi connectivity index (χ1n) is 5.61. The molecule has 1 aliphatic heterocycles. The van der Waals surface area contributed by atoms with Crippen molar-refractivity contribution in [2.24, 2.45) is 0 Å². The normalized spacial score (nSPS) is 37.8. The highest BCUT2D eigenvalue weighted by Gasteiger charge is 2.44. The van der Waals surface area contributed by atoms with Crippen molar-refractivity contribution < 1.29 is 30.0 Å². The van der Waals surface area contributed by atoms with Gasteiger partial charge in [0.2, 0.25) is 5.91 Å². The fraction of sp³-hybridized carbons (Fsp3) is 0.900. The zero-order valence-electron chi connectivity index (χ0n) is 9.61. The molecule has 1 heterocycles. The van der Waals surface area contributed by atoms with Crippen LogP contribution in [0.15, 0.2) is 0 Å². The van der Waals surface area contributed by atoms with E-state index in [1.54, 1.807) is 0 Å². The Bertz CT molecular complexity index is 261. The lowest BCUT2D eigenvalue weighted by Gasteiger charge is -2.40. The van der Waals surface area contributed by atoms with Crippen molar-refractivity contribution in [2.75, 3.05) is 6.61 Å². The van der Waals surface area contributed by atoms with Gasteiger partial charge < -0.3 is 30.5 Å². The second-order valence-electron chi connectivity index (χ2n) is 4.07. The van der Waals surface area contributed by atoms with Gasteiger partial charge in [0.1, 0.15) is 24.4 Å². The number of aliphatic hydroxyl groups is 4. The van der Waals surface area contributed by atoms with Crippen molar-refractivity contribution in [3.8, 4) is 0 Å². The minimum absolute atomic E-state index is 0.259. The van der Waals surface area contributed by atoms with Crippen LogP contribution >= 0.6 is 0 Å². The van der Waals surface area contributed by atoms with Crippen molar-refractivity contribution in [1.82, 2.24) is 5.32 Å². The molecule has 0 bridgehead atoms. The molecule has 7 nitrogen and oxygen atoms in total. The van der Waals surface area contributed by atoms with E-state index in [4.69, 9.17) is 9.84 Å². The van der Waals surface area contributed by atoms with Gasteiger partial charge in [-0.3, -0.25) is 4.79 Å². The van der Waals surface area contributed by atoms with Crippen molar-refractivity contribution in [3.63, 3.8) is 0 Å². The number of carbonyl (C=O) groups excluding carboxylic acids is 1. The third-order valence-corrected chi connectivity index (χ3v) is 2.70. The average molecular weight is 249 g/mol. The summed E-state index contributed by atoms with van der Waals surface area (Å²) in [5, 5.41) is 40.1. The van der Waals surface area contributed by atoms with Gasteiger partial charge in [-0.25, -0.2) is 0 Å². The summed E-state index contributed by atoms with van der Waals surface area (Å²) >= 11 is 0. The summed E-state index contributed by atoms with van der Waals surface area (Å²) in [5.74, 6) is -0.339. The molecule has 0 aromatic heterocycles. The standard InChI is InChI=1S/C10H19NO6/c1-2-3-6(13)11-7-9(15)8(14)5(4-12)17-10(7)16/h5,7-10,12,14-16H,2-4H2,1H3,(H,11,13)/t5-,7-,8-,9-,10?/m1/s1. The Morgan fingerprint density at radius 2 is 1.94 bits per heavy atom. The third-order valence-electron chi connectivity index (χ3n) is 2.70. The summed E-state index contributed by atoms with van der Waals surface area (Å²) in [7, 11) is 0. The van der Waals surface area contributed by atoms with E-state index in [1.165, 1.54) is 0 Å².